The van der Waals surface area contributed by atoms with Gasteiger partial charge < -0.3 is 0 Å². The number of benzene rings is 1. The van der Waals surface area contributed by atoms with Crippen molar-refractivity contribution >= 4 is 15.9 Å². The fourth-order valence-corrected chi connectivity index (χ4v) is 2.35. The van der Waals surface area contributed by atoms with Crippen LogP contribution in [-0.2, 0) is 7.05 Å². The lowest BCUT2D eigenvalue weighted by Crippen LogP contribution is -2.28. The Morgan fingerprint density at radius 2 is 1.89 bits per heavy atom. The lowest BCUT2D eigenvalue weighted by Gasteiger charge is -2.17. The summed E-state index contributed by atoms with van der Waals surface area (Å²) in [6, 6.07) is 4.23. The van der Waals surface area contributed by atoms with Crippen LogP contribution in [0.2, 0.25) is 0 Å². The Bertz CT molecular complexity index is 539. The van der Waals surface area contributed by atoms with Gasteiger partial charge in [0.05, 0.1) is 12.2 Å². The zero-order valence-electron chi connectivity index (χ0n) is 10.7. The predicted molar refractivity (Wildman–Crippen MR) is 76.0 cm³/mol. The van der Waals surface area contributed by atoms with Crippen LogP contribution in [-0.4, -0.2) is 9.78 Å². The first kappa shape index (κ1) is 13.3. The first-order chi connectivity index (χ1) is 8.52. The van der Waals surface area contributed by atoms with Crippen LogP contribution in [0.4, 0.5) is 0 Å². The molecule has 0 spiro atoms. The number of rotatable bonds is 3. The molecule has 0 aliphatic carbocycles. The highest BCUT2D eigenvalue weighted by molar-refractivity contribution is 9.10. The summed E-state index contributed by atoms with van der Waals surface area (Å²) in [4.78, 5) is 0. The van der Waals surface area contributed by atoms with Gasteiger partial charge in [0.2, 0.25) is 0 Å². The molecule has 1 unspecified atom stereocenters. The van der Waals surface area contributed by atoms with Crippen LogP contribution in [0.5, 0.6) is 0 Å². The minimum atomic E-state index is -0.0378. The van der Waals surface area contributed by atoms with E-state index in [4.69, 9.17) is 5.84 Å². The first-order valence-corrected chi connectivity index (χ1v) is 6.53. The van der Waals surface area contributed by atoms with Gasteiger partial charge in [0.25, 0.3) is 0 Å². The molecule has 0 saturated carbocycles. The van der Waals surface area contributed by atoms with E-state index >= 15 is 0 Å². The van der Waals surface area contributed by atoms with Crippen LogP contribution in [0.1, 0.15) is 28.3 Å². The highest BCUT2D eigenvalue weighted by Gasteiger charge is 2.15. The number of nitrogens with two attached hydrogens (primary N) is 1. The molecule has 18 heavy (non-hydrogen) atoms. The van der Waals surface area contributed by atoms with Crippen LogP contribution in [0, 0.1) is 13.8 Å². The van der Waals surface area contributed by atoms with Crippen molar-refractivity contribution in [1.82, 2.24) is 15.2 Å². The molecule has 2 rings (SSSR count). The summed E-state index contributed by atoms with van der Waals surface area (Å²) in [6.07, 6.45) is 3.80. The minimum Gasteiger partial charge on any atom is -0.275 e. The molecule has 4 nitrogen and oxygen atoms in total. The Morgan fingerprint density at radius 3 is 2.33 bits per heavy atom. The molecule has 96 valence electrons. The second-order valence-electron chi connectivity index (χ2n) is 4.52. The summed E-state index contributed by atoms with van der Waals surface area (Å²) in [6.45, 7) is 4.16. The van der Waals surface area contributed by atoms with Crippen molar-refractivity contribution in [3.8, 4) is 0 Å². The molecule has 0 radical (unpaired) electrons. The fraction of sp³-hybridized carbons (Fsp3) is 0.308. The molecular weight excluding hydrogens is 292 g/mol. The molecular formula is C13H17BrN4. The third kappa shape index (κ3) is 2.48. The van der Waals surface area contributed by atoms with Gasteiger partial charge >= 0.3 is 0 Å². The number of hydrogen-bond donors (Lipinski definition) is 2. The Morgan fingerprint density at radius 1 is 1.28 bits per heavy atom. The van der Waals surface area contributed by atoms with E-state index in [0.29, 0.717) is 0 Å². The lowest BCUT2D eigenvalue weighted by atomic mass is 9.98. The van der Waals surface area contributed by atoms with Gasteiger partial charge in [0.1, 0.15) is 0 Å². The zero-order chi connectivity index (χ0) is 13.3. The number of aromatic nitrogens is 2. The van der Waals surface area contributed by atoms with Gasteiger partial charge in [-0.2, -0.15) is 5.10 Å². The van der Waals surface area contributed by atoms with Crippen molar-refractivity contribution in [1.29, 1.82) is 0 Å². The summed E-state index contributed by atoms with van der Waals surface area (Å²) < 4.78 is 2.92. The van der Waals surface area contributed by atoms with E-state index < -0.39 is 0 Å². The molecule has 1 aromatic heterocycles. The maximum atomic E-state index is 5.69. The van der Waals surface area contributed by atoms with Gasteiger partial charge in [-0.25, -0.2) is 5.43 Å². The van der Waals surface area contributed by atoms with E-state index in [0.717, 1.165) is 15.6 Å². The lowest BCUT2D eigenvalue weighted by molar-refractivity contribution is 0.635. The summed E-state index contributed by atoms with van der Waals surface area (Å²) in [5, 5.41) is 4.19. The monoisotopic (exact) mass is 308 g/mol. The second-order valence-corrected chi connectivity index (χ2v) is 5.31. The van der Waals surface area contributed by atoms with Crippen molar-refractivity contribution in [2.24, 2.45) is 12.9 Å². The van der Waals surface area contributed by atoms with Crippen molar-refractivity contribution in [2.45, 2.75) is 19.9 Å². The number of hydrazine groups is 1. The van der Waals surface area contributed by atoms with E-state index in [1.807, 2.05) is 19.4 Å². The Kier molecular flexibility index (Phi) is 3.85. The molecule has 0 aliphatic rings. The van der Waals surface area contributed by atoms with Gasteiger partial charge in [-0.1, -0.05) is 28.1 Å². The van der Waals surface area contributed by atoms with E-state index in [2.05, 4.69) is 52.4 Å². The summed E-state index contributed by atoms with van der Waals surface area (Å²) in [5.41, 5.74) is 7.46. The molecule has 0 saturated heterocycles. The Hall–Kier alpha value is -1.17. The molecule has 0 amide bonds. The molecule has 1 atom stereocenters. The highest BCUT2D eigenvalue weighted by atomic mass is 79.9. The maximum absolute atomic E-state index is 5.69. The van der Waals surface area contributed by atoms with E-state index in [-0.39, 0.29) is 6.04 Å². The molecule has 1 aromatic carbocycles. The fourth-order valence-electron chi connectivity index (χ4n) is 2.12. The predicted octanol–water partition coefficient (Wildman–Crippen LogP) is 2.35. The van der Waals surface area contributed by atoms with Crippen LogP contribution >= 0.6 is 15.9 Å². The van der Waals surface area contributed by atoms with E-state index in [1.54, 1.807) is 4.68 Å². The Balaban J connectivity index is 2.45. The molecule has 5 heteroatoms. The maximum Gasteiger partial charge on any atom is 0.0740 e. The zero-order valence-corrected chi connectivity index (χ0v) is 12.3. The summed E-state index contributed by atoms with van der Waals surface area (Å²) in [5.74, 6) is 5.69. The van der Waals surface area contributed by atoms with Crippen molar-refractivity contribution in [3.05, 3.63) is 51.3 Å². The third-order valence-corrected chi connectivity index (χ3v) is 4.27. The van der Waals surface area contributed by atoms with Crippen molar-refractivity contribution in [3.63, 3.8) is 0 Å². The standard InChI is InChI=1S/C13H17BrN4/c1-8-4-10(5-9(2)12(8)14)13(17-15)11-6-16-18(3)7-11/h4-7,13,17H,15H2,1-3H3. The molecule has 0 bridgehead atoms. The number of nitrogens with one attached hydrogen (secondary N) is 1. The van der Waals surface area contributed by atoms with Crippen molar-refractivity contribution < 1.29 is 0 Å². The molecule has 3 N–H and O–H groups in total. The second kappa shape index (κ2) is 5.22. The summed E-state index contributed by atoms with van der Waals surface area (Å²) >= 11 is 3.58. The number of halogens is 1. The average Bonchev–Trinajstić information content (AvgIpc) is 2.73. The first-order valence-electron chi connectivity index (χ1n) is 5.74. The van der Waals surface area contributed by atoms with E-state index in [9.17, 15) is 0 Å². The average molecular weight is 309 g/mol. The molecule has 0 fully saturated rings. The normalized spacial score (nSPS) is 12.7. The topological polar surface area (TPSA) is 55.9 Å². The van der Waals surface area contributed by atoms with E-state index in [1.165, 1.54) is 11.1 Å². The largest absolute Gasteiger partial charge is 0.275 e. The van der Waals surface area contributed by atoms with Crippen molar-refractivity contribution in [2.75, 3.05) is 0 Å². The van der Waals surface area contributed by atoms with Gasteiger partial charge in [0, 0.05) is 23.3 Å². The van der Waals surface area contributed by atoms with Gasteiger partial charge in [-0.3, -0.25) is 10.5 Å². The van der Waals surface area contributed by atoms with Crippen LogP contribution < -0.4 is 11.3 Å². The van der Waals surface area contributed by atoms with Crippen LogP contribution in [0.15, 0.2) is 29.0 Å². The highest BCUT2D eigenvalue weighted by Crippen LogP contribution is 2.28. The van der Waals surface area contributed by atoms with Crippen LogP contribution in [0.25, 0.3) is 0 Å². The van der Waals surface area contributed by atoms with Crippen LogP contribution in [0.3, 0.4) is 0 Å². The number of aryl methyl sites for hydroxylation is 3. The molecule has 2 aromatic rings. The molecule has 0 aliphatic heterocycles. The smallest absolute Gasteiger partial charge is 0.0740 e. The molecule has 1 heterocycles. The number of nitrogens with zero attached hydrogens (tertiary/aromatic N) is 2. The quantitative estimate of drug-likeness (QED) is 0.676. The SMILES string of the molecule is Cc1cc(C(NN)c2cnn(C)c2)cc(C)c1Br. The van der Waals surface area contributed by atoms with Gasteiger partial charge in [0.15, 0.2) is 0 Å². The minimum absolute atomic E-state index is 0.0378. The third-order valence-electron chi connectivity index (χ3n) is 3.02. The number of hydrogen-bond acceptors (Lipinski definition) is 3. The van der Waals surface area contributed by atoms with Gasteiger partial charge in [-0.15, -0.1) is 0 Å². The Labute approximate surface area is 115 Å². The summed E-state index contributed by atoms with van der Waals surface area (Å²) in [7, 11) is 1.90. The van der Waals surface area contributed by atoms with Gasteiger partial charge in [-0.05, 0) is 30.5 Å².